The van der Waals surface area contributed by atoms with Crippen LogP contribution in [0.3, 0.4) is 0 Å². The lowest BCUT2D eigenvalue weighted by Crippen LogP contribution is -2.13. The van der Waals surface area contributed by atoms with Crippen molar-refractivity contribution >= 4 is 0 Å². The number of hydrogen-bond donors (Lipinski definition) is 0. The Labute approximate surface area is 136 Å². The molecule has 0 aromatic rings. The first-order valence-electron chi connectivity index (χ1n) is 9.62. The van der Waals surface area contributed by atoms with Gasteiger partial charge >= 0.3 is 0 Å². The van der Waals surface area contributed by atoms with E-state index in [1.54, 1.807) is 0 Å². The Bertz CT molecular complexity index is 228. The van der Waals surface area contributed by atoms with E-state index >= 15 is 0 Å². The van der Waals surface area contributed by atoms with Crippen LogP contribution in [-0.4, -0.2) is 0 Å². The van der Waals surface area contributed by atoms with Crippen LogP contribution in [0, 0.1) is 29.6 Å². The minimum absolute atomic E-state index is 0.549. The van der Waals surface area contributed by atoms with Crippen LogP contribution < -0.4 is 0 Å². The molecule has 0 saturated heterocycles. The van der Waals surface area contributed by atoms with Crippen molar-refractivity contribution < 1.29 is 0 Å². The molecular formula is C21H43-. The van der Waals surface area contributed by atoms with Crippen LogP contribution in [0.4, 0.5) is 0 Å². The number of hydrogen-bond acceptors (Lipinski definition) is 0. The number of rotatable bonds is 13. The van der Waals surface area contributed by atoms with Crippen molar-refractivity contribution in [1.29, 1.82) is 0 Å². The molecular weight excluding hydrogens is 252 g/mol. The van der Waals surface area contributed by atoms with E-state index in [0.717, 1.165) is 17.8 Å². The van der Waals surface area contributed by atoms with E-state index < -0.39 is 0 Å². The van der Waals surface area contributed by atoms with Gasteiger partial charge in [-0.15, -0.1) is 0 Å². The van der Waals surface area contributed by atoms with Gasteiger partial charge in [0.15, 0.2) is 0 Å². The maximum absolute atomic E-state index is 2.48. The molecule has 0 aliphatic heterocycles. The van der Waals surface area contributed by atoms with Crippen molar-refractivity contribution in [1.82, 2.24) is 0 Å². The second-order valence-electron chi connectivity index (χ2n) is 8.35. The van der Waals surface area contributed by atoms with Crippen LogP contribution in [0.25, 0.3) is 0 Å². The van der Waals surface area contributed by atoms with E-state index in [0.29, 0.717) is 5.41 Å². The Hall–Kier alpha value is 0. The second kappa shape index (κ2) is 11.6. The van der Waals surface area contributed by atoms with Gasteiger partial charge in [0.05, 0.1) is 0 Å². The van der Waals surface area contributed by atoms with Gasteiger partial charge in [-0.1, -0.05) is 73.6 Å². The van der Waals surface area contributed by atoms with Gasteiger partial charge in [0.1, 0.15) is 0 Å². The van der Waals surface area contributed by atoms with Crippen molar-refractivity contribution in [2.45, 2.75) is 106 Å². The summed E-state index contributed by atoms with van der Waals surface area (Å²) < 4.78 is 0. The van der Waals surface area contributed by atoms with Crippen LogP contribution in [0.2, 0.25) is 0 Å². The van der Waals surface area contributed by atoms with Gasteiger partial charge in [-0.2, -0.15) is 13.3 Å². The average Bonchev–Trinajstić information content (AvgIpc) is 2.44. The first-order chi connectivity index (χ1) is 9.84. The normalized spacial score (nSPS) is 16.7. The Morgan fingerprint density at radius 1 is 0.952 bits per heavy atom. The molecule has 0 aromatic carbocycles. The zero-order valence-corrected chi connectivity index (χ0v) is 16.2. The highest BCUT2D eigenvalue weighted by Crippen LogP contribution is 2.31. The monoisotopic (exact) mass is 295 g/mol. The summed E-state index contributed by atoms with van der Waals surface area (Å²) in [5, 5.41) is 0. The molecule has 0 bridgehead atoms. The minimum Gasteiger partial charge on any atom is -0.331 e. The van der Waals surface area contributed by atoms with Crippen LogP contribution in [0.15, 0.2) is 0 Å². The molecule has 3 atom stereocenters. The highest BCUT2D eigenvalue weighted by molar-refractivity contribution is 4.71. The molecule has 0 aliphatic carbocycles. The van der Waals surface area contributed by atoms with Crippen LogP contribution in [0.5, 0.6) is 0 Å². The predicted octanol–water partition coefficient (Wildman–Crippen LogP) is 7.68. The molecule has 0 N–H and O–H groups in total. The molecule has 0 spiro atoms. The summed E-state index contributed by atoms with van der Waals surface area (Å²) >= 11 is 0. The average molecular weight is 296 g/mol. The molecule has 0 nitrogen and oxygen atoms in total. The lowest BCUT2D eigenvalue weighted by molar-refractivity contribution is 0.267. The van der Waals surface area contributed by atoms with Crippen LogP contribution in [-0.2, 0) is 0 Å². The predicted molar refractivity (Wildman–Crippen MR) is 98.5 cm³/mol. The molecule has 0 aromatic heterocycles. The maximum Gasteiger partial charge on any atom is -0.0357 e. The van der Waals surface area contributed by atoms with E-state index in [1.165, 1.54) is 57.8 Å². The summed E-state index contributed by atoms with van der Waals surface area (Å²) in [6.07, 6.45) is 14.8. The van der Waals surface area contributed by atoms with Crippen LogP contribution in [0.1, 0.15) is 106 Å². The zero-order chi connectivity index (χ0) is 16.3. The summed E-state index contributed by atoms with van der Waals surface area (Å²) in [5.41, 5.74) is 0.549. The molecule has 0 radical (unpaired) electrons. The Morgan fingerprint density at radius 2 is 1.57 bits per heavy atom. The molecule has 0 rings (SSSR count). The summed E-state index contributed by atoms with van der Waals surface area (Å²) in [4.78, 5) is 0. The molecule has 0 aliphatic rings. The molecule has 0 amide bonds. The van der Waals surface area contributed by atoms with Gasteiger partial charge in [-0.25, -0.2) is 0 Å². The molecule has 3 unspecified atom stereocenters. The van der Waals surface area contributed by atoms with Crippen molar-refractivity contribution in [3.8, 4) is 0 Å². The van der Waals surface area contributed by atoms with Gasteiger partial charge in [-0.05, 0) is 42.4 Å². The molecule has 0 fully saturated rings. The van der Waals surface area contributed by atoms with Crippen molar-refractivity contribution in [2.75, 3.05) is 0 Å². The van der Waals surface area contributed by atoms with E-state index in [4.69, 9.17) is 0 Å². The zero-order valence-electron chi connectivity index (χ0n) is 16.2. The third-order valence-corrected chi connectivity index (χ3v) is 5.54. The van der Waals surface area contributed by atoms with Gasteiger partial charge in [0.25, 0.3) is 0 Å². The minimum atomic E-state index is 0.549. The lowest BCUT2D eigenvalue weighted by Gasteiger charge is -2.26. The Balaban J connectivity index is 4.10. The third-order valence-electron chi connectivity index (χ3n) is 5.54. The largest absolute Gasteiger partial charge is 0.331 e. The lowest BCUT2D eigenvalue weighted by atomic mass is 9.80. The van der Waals surface area contributed by atoms with E-state index in [1.807, 2.05) is 0 Å². The topological polar surface area (TPSA) is 0 Å². The number of unbranched alkanes of at least 4 members (excludes halogenated alkanes) is 1. The third kappa shape index (κ3) is 11.2. The highest BCUT2D eigenvalue weighted by atomic mass is 14.2. The first kappa shape index (κ1) is 21.0. The van der Waals surface area contributed by atoms with E-state index in [2.05, 4.69) is 54.9 Å². The molecule has 128 valence electrons. The summed E-state index contributed by atoms with van der Waals surface area (Å²) in [6, 6.07) is 0. The van der Waals surface area contributed by atoms with E-state index in [-0.39, 0.29) is 0 Å². The fourth-order valence-electron chi connectivity index (χ4n) is 3.26. The highest BCUT2D eigenvalue weighted by Gasteiger charge is 2.17. The van der Waals surface area contributed by atoms with Gasteiger partial charge in [-0.3, -0.25) is 0 Å². The van der Waals surface area contributed by atoms with Gasteiger partial charge < -0.3 is 6.42 Å². The summed E-state index contributed by atoms with van der Waals surface area (Å²) in [5.74, 6) is 2.76. The maximum atomic E-state index is 2.48. The quantitative estimate of drug-likeness (QED) is 0.306. The molecule has 0 heteroatoms. The molecule has 21 heavy (non-hydrogen) atoms. The Kier molecular flexibility index (Phi) is 11.6. The van der Waals surface area contributed by atoms with Crippen LogP contribution >= 0.6 is 0 Å². The standard InChI is InChI=1S/C21H43/c1-8-11-14-20(16-18(4)9-2)17-19(5)13-12-15-21(6,7)10-3/h8,18-20H,9-17H2,1-7H3/q-1. The van der Waals surface area contributed by atoms with Crippen molar-refractivity contribution in [2.24, 2.45) is 23.2 Å². The fourth-order valence-corrected chi connectivity index (χ4v) is 3.26. The smallest absolute Gasteiger partial charge is 0.0357 e. The van der Waals surface area contributed by atoms with Gasteiger partial charge in [0, 0.05) is 0 Å². The fraction of sp³-hybridized carbons (Fsp3) is 0.952. The van der Waals surface area contributed by atoms with E-state index in [9.17, 15) is 0 Å². The van der Waals surface area contributed by atoms with Crippen molar-refractivity contribution in [3.63, 3.8) is 0 Å². The Morgan fingerprint density at radius 3 is 2.10 bits per heavy atom. The first-order valence-corrected chi connectivity index (χ1v) is 9.62. The van der Waals surface area contributed by atoms with Gasteiger partial charge in [0.2, 0.25) is 0 Å². The summed E-state index contributed by atoms with van der Waals surface area (Å²) in [6.45, 7) is 16.6. The SMILES string of the molecule is C[CH-]CCC(CC(C)CC)CC(C)CCCC(C)(C)CC. The van der Waals surface area contributed by atoms with Crippen molar-refractivity contribution in [3.05, 3.63) is 6.42 Å². The molecule has 0 heterocycles. The molecule has 0 saturated carbocycles. The second-order valence-corrected chi connectivity index (χ2v) is 8.35. The summed E-state index contributed by atoms with van der Waals surface area (Å²) in [7, 11) is 0.